The molecule has 2 aliphatic carbocycles. The summed E-state index contributed by atoms with van der Waals surface area (Å²) in [5.41, 5.74) is 4.49. The standard InChI is InChI=1S/C18H25NO.C14H14O3/c1-19-10-9-18-8-4-3-5-15(18)17(19)11-13-6-7-14(20-2)12-16(13)18;1-9(14(15)16)10-3-4-12-8-13(17-2)6-5-11(12)7-10/h6-7,12,15,17H,3-5,8-11H2,1-2H3;3-9H,1-2H3,(H,15,16)/t15-,17+,18+;9-/m10/s1. The summed E-state index contributed by atoms with van der Waals surface area (Å²) in [5.74, 6) is 1.42. The van der Waals surface area contributed by atoms with Crippen LogP contribution < -0.4 is 9.47 Å². The largest absolute Gasteiger partial charge is 0.497 e. The third kappa shape index (κ3) is 4.70. The van der Waals surface area contributed by atoms with Crippen LogP contribution in [0.1, 0.15) is 61.6 Å². The number of piperidine rings is 1. The molecule has 3 aromatic carbocycles. The number of benzene rings is 3. The van der Waals surface area contributed by atoms with Crippen molar-refractivity contribution in [3.05, 3.63) is 71.3 Å². The van der Waals surface area contributed by atoms with Crippen LogP contribution in [-0.2, 0) is 16.6 Å². The summed E-state index contributed by atoms with van der Waals surface area (Å²) in [6, 6.07) is 19.0. The zero-order valence-electron chi connectivity index (χ0n) is 22.5. The fraction of sp³-hybridized carbons (Fsp3) is 0.469. The lowest BCUT2D eigenvalue weighted by Gasteiger charge is -2.58. The molecule has 4 atom stereocenters. The molecule has 5 nitrogen and oxygen atoms in total. The molecule has 3 aliphatic rings. The molecule has 1 aliphatic heterocycles. The van der Waals surface area contributed by atoms with E-state index >= 15 is 0 Å². The van der Waals surface area contributed by atoms with E-state index in [-0.39, 0.29) is 0 Å². The lowest BCUT2D eigenvalue weighted by Crippen LogP contribution is -2.59. The summed E-state index contributed by atoms with van der Waals surface area (Å²) in [4.78, 5) is 13.5. The molecule has 1 N–H and O–H groups in total. The van der Waals surface area contributed by atoms with Crippen molar-refractivity contribution in [2.75, 3.05) is 27.8 Å². The molecule has 2 fully saturated rings. The molecule has 0 spiro atoms. The normalized spacial score (nSPS) is 25.2. The first kappa shape index (κ1) is 25.6. The Morgan fingerprint density at radius 3 is 2.43 bits per heavy atom. The Morgan fingerprint density at radius 1 is 0.973 bits per heavy atom. The zero-order valence-corrected chi connectivity index (χ0v) is 22.5. The van der Waals surface area contributed by atoms with Gasteiger partial charge >= 0.3 is 5.97 Å². The first-order valence-corrected chi connectivity index (χ1v) is 13.5. The number of likely N-dealkylation sites (tertiary alicyclic amines) is 1. The highest BCUT2D eigenvalue weighted by Gasteiger charge is 2.53. The maximum atomic E-state index is 10.9. The van der Waals surface area contributed by atoms with E-state index in [1.165, 1.54) is 45.1 Å². The SMILES string of the molecule is COc1ccc2c(c1)[C@]13CCCC[C@@H]1[C@H](C2)N(C)CC3.COc1ccc2cc([C@H](C)C(=O)O)ccc2c1. The molecule has 0 aromatic heterocycles. The van der Waals surface area contributed by atoms with Crippen molar-refractivity contribution in [3.8, 4) is 11.5 Å². The van der Waals surface area contributed by atoms with Gasteiger partial charge in [0.2, 0.25) is 0 Å². The average Bonchev–Trinajstić information content (AvgIpc) is 2.94. The fourth-order valence-electron chi connectivity index (χ4n) is 7.08. The van der Waals surface area contributed by atoms with E-state index in [4.69, 9.17) is 14.6 Å². The van der Waals surface area contributed by atoms with E-state index in [1.54, 1.807) is 32.3 Å². The van der Waals surface area contributed by atoms with E-state index in [0.29, 0.717) is 5.41 Å². The van der Waals surface area contributed by atoms with Gasteiger partial charge in [-0.1, -0.05) is 43.2 Å². The molecule has 1 heterocycles. The van der Waals surface area contributed by atoms with Gasteiger partial charge in [0.25, 0.3) is 0 Å². The summed E-state index contributed by atoms with van der Waals surface area (Å²) in [6.45, 7) is 2.95. The van der Waals surface area contributed by atoms with E-state index < -0.39 is 11.9 Å². The second kappa shape index (κ2) is 10.4. The topological polar surface area (TPSA) is 59.0 Å². The highest BCUT2D eigenvalue weighted by Crippen LogP contribution is 2.55. The minimum absolute atomic E-state index is 0.456. The number of rotatable bonds is 4. The molecule has 0 amide bonds. The van der Waals surface area contributed by atoms with Crippen LogP contribution in [0.25, 0.3) is 10.8 Å². The Balaban J connectivity index is 0.000000154. The van der Waals surface area contributed by atoms with Crippen LogP contribution in [0.2, 0.25) is 0 Å². The predicted octanol–water partition coefficient (Wildman–Crippen LogP) is 6.42. The van der Waals surface area contributed by atoms with Crippen molar-refractivity contribution in [2.24, 2.45) is 5.92 Å². The molecular formula is C32H39NO4. The molecule has 1 saturated heterocycles. The van der Waals surface area contributed by atoms with Crippen molar-refractivity contribution in [3.63, 3.8) is 0 Å². The van der Waals surface area contributed by atoms with Gasteiger partial charge in [-0.05, 0) is 104 Å². The van der Waals surface area contributed by atoms with Crippen molar-refractivity contribution in [1.29, 1.82) is 0 Å². The van der Waals surface area contributed by atoms with Crippen LogP contribution in [0.3, 0.4) is 0 Å². The van der Waals surface area contributed by atoms with Crippen molar-refractivity contribution < 1.29 is 19.4 Å². The van der Waals surface area contributed by atoms with Gasteiger partial charge in [0.05, 0.1) is 20.1 Å². The minimum Gasteiger partial charge on any atom is -0.497 e. The first-order valence-electron chi connectivity index (χ1n) is 13.5. The monoisotopic (exact) mass is 501 g/mol. The number of methoxy groups -OCH3 is 2. The number of carboxylic acid groups (broad SMARTS) is 1. The predicted molar refractivity (Wildman–Crippen MR) is 148 cm³/mol. The summed E-state index contributed by atoms with van der Waals surface area (Å²) in [7, 11) is 5.75. The molecule has 5 heteroatoms. The van der Waals surface area contributed by atoms with E-state index in [0.717, 1.165) is 39.8 Å². The number of carboxylic acids is 1. The third-order valence-corrected chi connectivity index (χ3v) is 9.26. The smallest absolute Gasteiger partial charge is 0.310 e. The van der Waals surface area contributed by atoms with Gasteiger partial charge in [-0.2, -0.15) is 0 Å². The number of hydrogen-bond donors (Lipinski definition) is 1. The van der Waals surface area contributed by atoms with E-state index in [2.05, 4.69) is 30.1 Å². The second-order valence-corrected chi connectivity index (χ2v) is 11.1. The summed E-state index contributed by atoms with van der Waals surface area (Å²) >= 11 is 0. The average molecular weight is 502 g/mol. The van der Waals surface area contributed by atoms with Gasteiger partial charge < -0.3 is 19.5 Å². The molecule has 1 saturated carbocycles. The van der Waals surface area contributed by atoms with Gasteiger partial charge in [-0.3, -0.25) is 4.79 Å². The Labute approximate surface area is 220 Å². The number of fused-ring (bicyclic) bond motifs is 2. The first-order chi connectivity index (χ1) is 17.9. The number of nitrogens with zero attached hydrogens (tertiary/aromatic N) is 1. The third-order valence-electron chi connectivity index (χ3n) is 9.26. The molecular weight excluding hydrogens is 462 g/mol. The maximum Gasteiger partial charge on any atom is 0.310 e. The molecule has 2 bridgehead atoms. The quantitative estimate of drug-likeness (QED) is 0.447. The van der Waals surface area contributed by atoms with Crippen LogP contribution in [-0.4, -0.2) is 49.8 Å². The summed E-state index contributed by atoms with van der Waals surface area (Å²) in [5, 5.41) is 11.0. The Bertz CT molecular complexity index is 1290. The van der Waals surface area contributed by atoms with Crippen LogP contribution >= 0.6 is 0 Å². The van der Waals surface area contributed by atoms with Gasteiger partial charge in [0, 0.05) is 11.5 Å². The molecule has 196 valence electrons. The molecule has 37 heavy (non-hydrogen) atoms. The van der Waals surface area contributed by atoms with Gasteiger partial charge in [-0.15, -0.1) is 0 Å². The van der Waals surface area contributed by atoms with Gasteiger partial charge in [0.1, 0.15) is 11.5 Å². The fourth-order valence-corrected chi connectivity index (χ4v) is 7.08. The number of aliphatic carboxylic acids is 1. The number of hydrogen-bond acceptors (Lipinski definition) is 4. The summed E-state index contributed by atoms with van der Waals surface area (Å²) in [6.07, 6.45) is 8.22. The summed E-state index contributed by atoms with van der Waals surface area (Å²) < 4.78 is 10.6. The molecule has 3 aromatic rings. The van der Waals surface area contributed by atoms with Crippen LogP contribution in [0.4, 0.5) is 0 Å². The van der Waals surface area contributed by atoms with E-state index in [9.17, 15) is 4.79 Å². The Morgan fingerprint density at radius 2 is 1.68 bits per heavy atom. The second-order valence-electron chi connectivity index (χ2n) is 11.1. The van der Waals surface area contributed by atoms with Crippen molar-refractivity contribution in [1.82, 2.24) is 4.90 Å². The number of likely N-dealkylation sites (N-methyl/N-ethyl adjacent to an activating group) is 1. The maximum absolute atomic E-state index is 10.9. The van der Waals surface area contributed by atoms with Crippen molar-refractivity contribution >= 4 is 16.7 Å². The lowest BCUT2D eigenvalue weighted by atomic mass is 9.52. The Hall–Kier alpha value is -3.05. The lowest BCUT2D eigenvalue weighted by molar-refractivity contribution is -0.138. The highest BCUT2D eigenvalue weighted by molar-refractivity contribution is 5.86. The number of ether oxygens (including phenoxy) is 2. The zero-order chi connectivity index (χ0) is 26.2. The van der Waals surface area contributed by atoms with Gasteiger partial charge in [-0.25, -0.2) is 0 Å². The Kier molecular flexibility index (Phi) is 7.17. The van der Waals surface area contributed by atoms with Gasteiger partial charge in [0.15, 0.2) is 0 Å². The van der Waals surface area contributed by atoms with Crippen LogP contribution in [0, 0.1) is 5.92 Å². The van der Waals surface area contributed by atoms with Crippen LogP contribution in [0.5, 0.6) is 11.5 Å². The molecule has 6 rings (SSSR count). The number of carbonyl (C=O) groups is 1. The van der Waals surface area contributed by atoms with Crippen LogP contribution in [0.15, 0.2) is 54.6 Å². The van der Waals surface area contributed by atoms with E-state index in [1.807, 2.05) is 36.4 Å². The molecule has 0 radical (unpaired) electrons. The van der Waals surface area contributed by atoms with Crippen molar-refractivity contribution in [2.45, 2.75) is 62.8 Å². The highest BCUT2D eigenvalue weighted by atomic mass is 16.5. The minimum atomic E-state index is -0.808. The molecule has 0 unspecified atom stereocenters.